The van der Waals surface area contributed by atoms with Crippen LogP contribution in [0.5, 0.6) is 0 Å². The van der Waals surface area contributed by atoms with E-state index in [2.05, 4.69) is 31.7 Å². The Kier molecular flexibility index (Phi) is 2.45. The third-order valence-corrected chi connectivity index (χ3v) is 3.92. The molecule has 0 fully saturated rings. The van der Waals surface area contributed by atoms with Gasteiger partial charge in [0.25, 0.3) is 0 Å². The molecule has 0 spiro atoms. The lowest BCUT2D eigenvalue weighted by molar-refractivity contribution is 0.432. The fourth-order valence-electron chi connectivity index (χ4n) is 2.31. The molecule has 2 N–H and O–H groups in total. The molecule has 2 aromatic heterocycles. The van der Waals surface area contributed by atoms with E-state index in [1.165, 1.54) is 6.20 Å². The zero-order valence-corrected chi connectivity index (χ0v) is 11.7. The van der Waals surface area contributed by atoms with Crippen LogP contribution >= 0.6 is 15.9 Å². The van der Waals surface area contributed by atoms with E-state index in [-0.39, 0.29) is 0 Å². The number of nitrogen functional groups attached to an aromatic ring is 1. The lowest BCUT2D eigenvalue weighted by Crippen LogP contribution is -1.91. The summed E-state index contributed by atoms with van der Waals surface area (Å²) in [6.45, 7) is 2.05. The number of aromatic nitrogens is 2. The second-order valence-corrected chi connectivity index (χ2v) is 5.12. The van der Waals surface area contributed by atoms with Gasteiger partial charge in [0, 0.05) is 22.6 Å². The molecule has 0 unspecified atom stereocenters. The van der Waals surface area contributed by atoms with Gasteiger partial charge in [-0.05, 0) is 28.9 Å². The third-order valence-electron chi connectivity index (χ3n) is 3.28. The Morgan fingerprint density at radius 1 is 1.39 bits per heavy atom. The highest BCUT2D eigenvalue weighted by molar-refractivity contribution is 9.10. The molecule has 5 heteroatoms. The van der Waals surface area contributed by atoms with Gasteiger partial charge in [-0.15, -0.1) is 0 Å². The van der Waals surface area contributed by atoms with Gasteiger partial charge >= 0.3 is 0 Å². The molecule has 0 saturated carbocycles. The number of halogens is 1. The van der Waals surface area contributed by atoms with E-state index in [0.29, 0.717) is 11.4 Å². The minimum Gasteiger partial charge on any atom is -0.394 e. The number of hydrogen-bond acceptors (Lipinski definition) is 3. The number of nitrogens with two attached hydrogens (primary N) is 1. The lowest BCUT2D eigenvalue weighted by Gasteiger charge is -2.00. The summed E-state index contributed by atoms with van der Waals surface area (Å²) in [5, 5.41) is 4.86. The van der Waals surface area contributed by atoms with Crippen molar-refractivity contribution >= 4 is 32.5 Å². The summed E-state index contributed by atoms with van der Waals surface area (Å²) in [6.07, 6.45) is 1.53. The van der Waals surface area contributed by atoms with Gasteiger partial charge < -0.3 is 14.8 Å². The van der Waals surface area contributed by atoms with Gasteiger partial charge in [-0.2, -0.15) is 0 Å². The molecule has 92 valence electrons. The van der Waals surface area contributed by atoms with Crippen molar-refractivity contribution in [3.05, 3.63) is 34.6 Å². The first kappa shape index (κ1) is 11.3. The zero-order chi connectivity index (χ0) is 12.9. The molecule has 0 aliphatic heterocycles. The number of fused-ring (bicyclic) bond motifs is 1. The van der Waals surface area contributed by atoms with Gasteiger partial charge in [-0.1, -0.05) is 17.3 Å². The molecular weight excluding hydrogens is 294 g/mol. The van der Waals surface area contributed by atoms with Crippen LogP contribution in [-0.2, 0) is 7.05 Å². The highest BCUT2D eigenvalue weighted by atomic mass is 79.9. The van der Waals surface area contributed by atoms with Crippen LogP contribution in [0.4, 0.5) is 5.69 Å². The molecule has 0 amide bonds. The molecular formula is C13H12BrN3O. The van der Waals surface area contributed by atoms with Gasteiger partial charge in [-0.3, -0.25) is 0 Å². The van der Waals surface area contributed by atoms with Crippen LogP contribution in [0, 0.1) is 6.92 Å². The van der Waals surface area contributed by atoms with Crippen molar-refractivity contribution in [2.45, 2.75) is 6.92 Å². The zero-order valence-electron chi connectivity index (χ0n) is 10.1. The summed E-state index contributed by atoms with van der Waals surface area (Å²) in [6, 6.07) is 6.08. The lowest BCUT2D eigenvalue weighted by atomic mass is 10.1. The molecule has 0 aliphatic carbocycles. The molecule has 0 atom stereocenters. The molecule has 18 heavy (non-hydrogen) atoms. The molecule has 0 bridgehead atoms. The van der Waals surface area contributed by atoms with Crippen LogP contribution in [0.2, 0.25) is 0 Å². The first-order valence-corrected chi connectivity index (χ1v) is 6.34. The van der Waals surface area contributed by atoms with E-state index < -0.39 is 0 Å². The maximum atomic E-state index is 5.90. The minimum absolute atomic E-state index is 0.561. The Morgan fingerprint density at radius 2 is 2.17 bits per heavy atom. The summed E-state index contributed by atoms with van der Waals surface area (Å²) in [5.41, 5.74) is 9.69. The number of aryl methyl sites for hydroxylation is 1. The molecule has 0 saturated heterocycles. The number of anilines is 1. The summed E-state index contributed by atoms with van der Waals surface area (Å²) in [5.74, 6) is 0.635. The molecule has 0 aliphatic rings. The second-order valence-electron chi connectivity index (χ2n) is 4.27. The number of benzene rings is 1. The number of hydrogen-bond donors (Lipinski definition) is 1. The largest absolute Gasteiger partial charge is 0.394 e. The van der Waals surface area contributed by atoms with Crippen LogP contribution in [0.15, 0.2) is 33.4 Å². The summed E-state index contributed by atoms with van der Waals surface area (Å²) >= 11 is 3.58. The molecule has 2 heterocycles. The normalized spacial score (nSPS) is 11.3. The number of rotatable bonds is 1. The Labute approximate surface area is 112 Å². The Balaban J connectivity index is 2.48. The van der Waals surface area contributed by atoms with Crippen LogP contribution in [0.3, 0.4) is 0 Å². The van der Waals surface area contributed by atoms with Gasteiger partial charge in [0.15, 0.2) is 5.76 Å². The second kappa shape index (κ2) is 3.88. The van der Waals surface area contributed by atoms with Crippen LogP contribution in [0.1, 0.15) is 5.69 Å². The maximum absolute atomic E-state index is 5.90. The van der Waals surface area contributed by atoms with E-state index in [4.69, 9.17) is 10.3 Å². The predicted molar refractivity (Wildman–Crippen MR) is 75.3 cm³/mol. The van der Waals surface area contributed by atoms with Gasteiger partial charge in [0.05, 0.1) is 17.3 Å². The number of para-hydroxylation sites is 1. The van der Waals surface area contributed by atoms with E-state index in [1.54, 1.807) is 0 Å². The smallest absolute Gasteiger partial charge is 0.192 e. The fourth-order valence-corrected chi connectivity index (χ4v) is 2.94. The van der Waals surface area contributed by atoms with Crippen LogP contribution < -0.4 is 5.73 Å². The maximum Gasteiger partial charge on any atom is 0.192 e. The SMILES string of the molecule is Cc1c(-c2oncc2N)c2cccc(Br)c2n1C. The quantitative estimate of drug-likeness (QED) is 0.749. The number of nitrogens with zero attached hydrogens (tertiary/aromatic N) is 2. The average Bonchev–Trinajstić information content (AvgIpc) is 2.84. The molecule has 1 aromatic carbocycles. The monoisotopic (exact) mass is 305 g/mol. The molecule has 3 aromatic rings. The van der Waals surface area contributed by atoms with Gasteiger partial charge in [-0.25, -0.2) is 0 Å². The minimum atomic E-state index is 0.561. The van der Waals surface area contributed by atoms with E-state index in [9.17, 15) is 0 Å². The Morgan fingerprint density at radius 3 is 2.83 bits per heavy atom. The van der Waals surface area contributed by atoms with Crippen molar-refractivity contribution in [2.75, 3.05) is 5.73 Å². The van der Waals surface area contributed by atoms with Gasteiger partial charge in [0.1, 0.15) is 5.69 Å². The van der Waals surface area contributed by atoms with E-state index >= 15 is 0 Å². The summed E-state index contributed by atoms with van der Waals surface area (Å²) in [7, 11) is 2.03. The van der Waals surface area contributed by atoms with Crippen LogP contribution in [-0.4, -0.2) is 9.72 Å². The van der Waals surface area contributed by atoms with E-state index in [0.717, 1.165) is 26.6 Å². The van der Waals surface area contributed by atoms with Crippen LogP contribution in [0.25, 0.3) is 22.2 Å². The highest BCUT2D eigenvalue weighted by Crippen LogP contribution is 2.39. The molecule has 0 radical (unpaired) electrons. The Hall–Kier alpha value is -1.75. The molecule has 3 rings (SSSR count). The molecule has 4 nitrogen and oxygen atoms in total. The first-order chi connectivity index (χ1) is 8.61. The predicted octanol–water partition coefficient (Wildman–Crippen LogP) is 3.49. The van der Waals surface area contributed by atoms with Crippen molar-refractivity contribution in [1.82, 2.24) is 9.72 Å². The average molecular weight is 306 g/mol. The summed E-state index contributed by atoms with van der Waals surface area (Å²) < 4.78 is 8.46. The van der Waals surface area contributed by atoms with Crippen molar-refractivity contribution in [3.8, 4) is 11.3 Å². The van der Waals surface area contributed by atoms with Crippen molar-refractivity contribution in [1.29, 1.82) is 0 Å². The van der Waals surface area contributed by atoms with Gasteiger partial charge in [0.2, 0.25) is 0 Å². The topological polar surface area (TPSA) is 57.0 Å². The van der Waals surface area contributed by atoms with Crippen molar-refractivity contribution in [2.24, 2.45) is 7.05 Å². The van der Waals surface area contributed by atoms with E-state index in [1.807, 2.05) is 26.1 Å². The first-order valence-electron chi connectivity index (χ1n) is 5.55. The summed E-state index contributed by atoms with van der Waals surface area (Å²) in [4.78, 5) is 0. The highest BCUT2D eigenvalue weighted by Gasteiger charge is 2.20. The Bertz CT molecular complexity index is 742. The van der Waals surface area contributed by atoms with Crippen molar-refractivity contribution < 1.29 is 4.52 Å². The van der Waals surface area contributed by atoms with Crippen molar-refractivity contribution in [3.63, 3.8) is 0 Å². The fraction of sp³-hybridized carbons (Fsp3) is 0.154. The standard InChI is InChI=1S/C13H12BrN3O/c1-7-11(13-10(15)6-16-18-13)8-4-3-5-9(14)12(8)17(7)2/h3-6H,15H2,1-2H3. The third kappa shape index (κ3) is 1.40.